The molecular weight excluding hydrogens is 464 g/mol. The van der Waals surface area contributed by atoms with Crippen molar-refractivity contribution in [2.45, 2.75) is 32.9 Å². The number of hydrazine groups is 1. The number of rotatable bonds is 4. The van der Waals surface area contributed by atoms with Crippen LogP contribution in [-0.2, 0) is 17.9 Å². The molecule has 0 atom stereocenters. The van der Waals surface area contributed by atoms with Crippen molar-refractivity contribution in [2.75, 3.05) is 19.6 Å². The Balaban J connectivity index is 1.15. The Morgan fingerprint density at radius 3 is 2.77 bits per heavy atom. The van der Waals surface area contributed by atoms with Gasteiger partial charge in [0.25, 0.3) is 5.91 Å². The number of urea groups is 1. The van der Waals surface area contributed by atoms with Crippen molar-refractivity contribution in [3.05, 3.63) is 63.9 Å². The van der Waals surface area contributed by atoms with Gasteiger partial charge in [-0.15, -0.1) is 11.3 Å². The van der Waals surface area contributed by atoms with Gasteiger partial charge in [-0.3, -0.25) is 19.8 Å². The van der Waals surface area contributed by atoms with Gasteiger partial charge in [-0.2, -0.15) is 0 Å². The van der Waals surface area contributed by atoms with Gasteiger partial charge in [0.2, 0.25) is 5.91 Å². The topological polar surface area (TPSA) is 98.7 Å². The molecule has 0 unspecified atom stereocenters. The van der Waals surface area contributed by atoms with Gasteiger partial charge >= 0.3 is 6.03 Å². The highest BCUT2D eigenvalue weighted by Crippen LogP contribution is 2.32. The highest BCUT2D eigenvalue weighted by molar-refractivity contribution is 7.17. The second-order valence-corrected chi connectivity index (χ2v) is 9.97. The molecule has 35 heavy (non-hydrogen) atoms. The zero-order chi connectivity index (χ0) is 24.1. The minimum absolute atomic E-state index is 0.189. The maximum Gasteiger partial charge on any atom is 0.342 e. The summed E-state index contributed by atoms with van der Waals surface area (Å²) in [4.78, 5) is 49.0. The lowest BCUT2D eigenvalue weighted by Crippen LogP contribution is -2.56. The number of thiophene rings is 1. The van der Waals surface area contributed by atoms with Crippen molar-refractivity contribution < 1.29 is 14.4 Å². The molecule has 1 N–H and O–H groups in total. The normalized spacial score (nSPS) is 18.8. The SMILES string of the molecule is Cc1csc2ncnc(C3=CCN(Cc4ccc5c(c4)CN(N4CCC(=O)NC4=O)C5=O)CC3)c12. The molecule has 0 aliphatic carbocycles. The number of nitrogens with zero attached hydrogens (tertiary/aromatic N) is 5. The Hall–Kier alpha value is -3.63. The molecule has 1 aromatic carbocycles. The summed E-state index contributed by atoms with van der Waals surface area (Å²) in [6.45, 7) is 5.18. The van der Waals surface area contributed by atoms with Crippen LogP contribution in [0.1, 0.15) is 45.6 Å². The first kappa shape index (κ1) is 21.9. The van der Waals surface area contributed by atoms with E-state index in [1.807, 2.05) is 12.1 Å². The summed E-state index contributed by atoms with van der Waals surface area (Å²) in [5.41, 5.74) is 6.18. The minimum Gasteiger partial charge on any atom is -0.295 e. The second-order valence-electron chi connectivity index (χ2n) is 9.12. The molecule has 1 saturated heterocycles. The highest BCUT2D eigenvalue weighted by Gasteiger charge is 2.37. The van der Waals surface area contributed by atoms with Gasteiger partial charge in [-0.25, -0.2) is 24.8 Å². The van der Waals surface area contributed by atoms with Crippen LogP contribution in [-0.4, -0.2) is 62.4 Å². The molecular formula is C25H24N6O3S. The van der Waals surface area contributed by atoms with Crippen LogP contribution < -0.4 is 5.32 Å². The fourth-order valence-electron chi connectivity index (χ4n) is 5.03. The smallest absolute Gasteiger partial charge is 0.295 e. The molecule has 5 heterocycles. The lowest BCUT2D eigenvalue weighted by Gasteiger charge is -2.33. The Kier molecular flexibility index (Phi) is 5.34. The number of amides is 4. The van der Waals surface area contributed by atoms with E-state index in [0.29, 0.717) is 12.1 Å². The lowest BCUT2D eigenvalue weighted by molar-refractivity contribution is -0.123. The predicted octanol–water partition coefficient (Wildman–Crippen LogP) is 3.10. The van der Waals surface area contributed by atoms with E-state index in [4.69, 9.17) is 0 Å². The van der Waals surface area contributed by atoms with Crippen LogP contribution in [0.3, 0.4) is 0 Å². The minimum atomic E-state index is -0.544. The first-order valence-electron chi connectivity index (χ1n) is 11.6. The van der Waals surface area contributed by atoms with E-state index < -0.39 is 6.03 Å². The molecule has 0 bridgehead atoms. The van der Waals surface area contributed by atoms with Gasteiger partial charge in [0.1, 0.15) is 11.2 Å². The molecule has 3 aliphatic rings. The number of carbonyl (C=O) groups excluding carboxylic acids is 3. The van der Waals surface area contributed by atoms with Crippen molar-refractivity contribution in [3.8, 4) is 0 Å². The summed E-state index contributed by atoms with van der Waals surface area (Å²) in [5.74, 6) is -0.521. The molecule has 2 aromatic heterocycles. The van der Waals surface area contributed by atoms with Gasteiger partial charge in [0, 0.05) is 37.0 Å². The molecule has 0 spiro atoms. The zero-order valence-corrected chi connectivity index (χ0v) is 20.1. The molecule has 178 valence electrons. The van der Waals surface area contributed by atoms with E-state index in [1.54, 1.807) is 17.7 Å². The van der Waals surface area contributed by atoms with Crippen LogP contribution in [0, 0.1) is 6.92 Å². The van der Waals surface area contributed by atoms with E-state index in [2.05, 4.69) is 44.6 Å². The van der Waals surface area contributed by atoms with Crippen molar-refractivity contribution in [1.29, 1.82) is 0 Å². The van der Waals surface area contributed by atoms with Crippen LogP contribution in [0.15, 0.2) is 36.0 Å². The standard InChI is InChI=1S/C25H24N6O3S/c1-15-13-35-23-21(15)22(26-14-27-23)17-4-7-29(8-5-17)11-16-2-3-19-18(10-16)12-31(24(19)33)30-9-6-20(32)28-25(30)34/h2-4,10,13-14H,5-9,11-12H2,1H3,(H,28,32,34). The van der Waals surface area contributed by atoms with Crippen molar-refractivity contribution >= 4 is 45.0 Å². The summed E-state index contributed by atoms with van der Waals surface area (Å²) in [6.07, 6.45) is 5.02. The molecule has 10 heteroatoms. The van der Waals surface area contributed by atoms with E-state index in [0.717, 1.165) is 53.1 Å². The van der Waals surface area contributed by atoms with Gasteiger partial charge in [0.15, 0.2) is 0 Å². The molecule has 3 aromatic rings. The summed E-state index contributed by atoms with van der Waals surface area (Å²) in [7, 11) is 0. The third kappa shape index (κ3) is 3.88. The predicted molar refractivity (Wildman–Crippen MR) is 131 cm³/mol. The fourth-order valence-corrected chi connectivity index (χ4v) is 5.92. The summed E-state index contributed by atoms with van der Waals surface area (Å²) < 4.78 is 0. The molecule has 6 rings (SSSR count). The van der Waals surface area contributed by atoms with E-state index in [9.17, 15) is 14.4 Å². The van der Waals surface area contributed by atoms with Crippen LogP contribution in [0.4, 0.5) is 4.79 Å². The second kappa shape index (κ2) is 8.54. The maximum atomic E-state index is 12.9. The average Bonchev–Trinajstić information content (AvgIpc) is 3.39. The molecule has 9 nitrogen and oxygen atoms in total. The number of carbonyl (C=O) groups is 3. The maximum absolute atomic E-state index is 12.9. The van der Waals surface area contributed by atoms with E-state index in [1.165, 1.54) is 21.2 Å². The number of imide groups is 1. The Labute approximate surface area is 206 Å². The number of aromatic nitrogens is 2. The highest BCUT2D eigenvalue weighted by atomic mass is 32.1. The number of hydrogen-bond donors (Lipinski definition) is 1. The van der Waals surface area contributed by atoms with Crippen molar-refractivity contribution in [3.63, 3.8) is 0 Å². The number of benzene rings is 1. The Morgan fingerprint density at radius 2 is 1.97 bits per heavy atom. The summed E-state index contributed by atoms with van der Waals surface area (Å²) >= 11 is 1.66. The summed E-state index contributed by atoms with van der Waals surface area (Å²) in [5, 5.41) is 8.34. The Bertz CT molecular complexity index is 1410. The lowest BCUT2D eigenvalue weighted by atomic mass is 10.00. The van der Waals surface area contributed by atoms with Crippen molar-refractivity contribution in [1.82, 2.24) is 30.2 Å². The van der Waals surface area contributed by atoms with Crippen LogP contribution in [0.2, 0.25) is 0 Å². The quantitative estimate of drug-likeness (QED) is 0.606. The van der Waals surface area contributed by atoms with Crippen LogP contribution in [0.5, 0.6) is 0 Å². The van der Waals surface area contributed by atoms with Gasteiger partial charge in [-0.1, -0.05) is 18.2 Å². The molecule has 0 saturated carbocycles. The zero-order valence-electron chi connectivity index (χ0n) is 19.3. The largest absolute Gasteiger partial charge is 0.342 e. The number of hydrogen-bond acceptors (Lipinski definition) is 7. The average molecular weight is 489 g/mol. The van der Waals surface area contributed by atoms with E-state index >= 15 is 0 Å². The van der Waals surface area contributed by atoms with Crippen LogP contribution >= 0.6 is 11.3 Å². The monoisotopic (exact) mass is 488 g/mol. The third-order valence-corrected chi connectivity index (χ3v) is 7.84. The van der Waals surface area contributed by atoms with Gasteiger partial charge < -0.3 is 0 Å². The van der Waals surface area contributed by atoms with Crippen LogP contribution in [0.25, 0.3) is 15.8 Å². The van der Waals surface area contributed by atoms with Gasteiger partial charge in [-0.05, 0) is 47.1 Å². The Morgan fingerprint density at radius 1 is 1.09 bits per heavy atom. The third-order valence-electron chi connectivity index (χ3n) is 6.84. The number of fused-ring (bicyclic) bond motifs is 2. The molecule has 1 fully saturated rings. The molecule has 0 radical (unpaired) electrons. The molecule has 3 aliphatic heterocycles. The summed E-state index contributed by atoms with van der Waals surface area (Å²) in [6, 6.07) is 5.35. The molecule has 4 amide bonds. The van der Waals surface area contributed by atoms with Gasteiger partial charge in [0.05, 0.1) is 18.8 Å². The first-order valence-corrected chi connectivity index (χ1v) is 12.5. The number of nitrogens with one attached hydrogen (secondary N) is 1. The first-order chi connectivity index (χ1) is 17.0. The van der Waals surface area contributed by atoms with Crippen molar-refractivity contribution in [2.24, 2.45) is 0 Å². The fraction of sp³-hybridized carbons (Fsp3) is 0.320. The van der Waals surface area contributed by atoms with E-state index in [-0.39, 0.29) is 24.8 Å². The number of aryl methyl sites for hydroxylation is 1.